The van der Waals surface area contributed by atoms with Crippen LogP contribution in [0.2, 0.25) is 0 Å². The van der Waals surface area contributed by atoms with E-state index in [0.29, 0.717) is 10.8 Å². The van der Waals surface area contributed by atoms with Crippen molar-refractivity contribution in [3.63, 3.8) is 0 Å². The number of carbonyl (C=O) groups is 1. The molecular formula is C9H15N5OS. The Morgan fingerprint density at radius 3 is 2.62 bits per heavy atom. The molecule has 1 aromatic rings. The number of carbonyl (C=O) groups excluding carboxylic acids is 1. The van der Waals surface area contributed by atoms with Crippen molar-refractivity contribution in [2.45, 2.75) is 6.92 Å². The zero-order chi connectivity index (χ0) is 11.5. The Balaban J connectivity index is 1.88. The molecular weight excluding hydrogens is 226 g/mol. The van der Waals surface area contributed by atoms with Crippen molar-refractivity contribution in [1.82, 2.24) is 24.7 Å². The van der Waals surface area contributed by atoms with Gasteiger partial charge in [0, 0.05) is 26.2 Å². The molecule has 2 heterocycles. The Labute approximate surface area is 98.4 Å². The van der Waals surface area contributed by atoms with Gasteiger partial charge in [-0.05, 0) is 25.5 Å². The fourth-order valence-electron chi connectivity index (χ4n) is 1.50. The number of hydrogen-bond donors (Lipinski definition) is 1. The lowest BCUT2D eigenvalue weighted by molar-refractivity contribution is 0.0662. The van der Waals surface area contributed by atoms with E-state index in [1.807, 2.05) is 5.01 Å². The fraction of sp³-hybridized carbons (Fsp3) is 0.667. The number of hydrogen-bond acceptors (Lipinski definition) is 6. The zero-order valence-corrected chi connectivity index (χ0v) is 10.3. The van der Waals surface area contributed by atoms with Crippen LogP contribution in [0.3, 0.4) is 0 Å². The molecule has 0 bridgehead atoms. The molecule has 0 aliphatic carbocycles. The van der Waals surface area contributed by atoms with Gasteiger partial charge < -0.3 is 4.90 Å². The van der Waals surface area contributed by atoms with Crippen LogP contribution in [-0.4, -0.2) is 58.4 Å². The van der Waals surface area contributed by atoms with Crippen LogP contribution in [0.1, 0.15) is 15.6 Å². The summed E-state index contributed by atoms with van der Waals surface area (Å²) in [6.07, 6.45) is 0. The van der Waals surface area contributed by atoms with Crippen molar-refractivity contribution in [1.29, 1.82) is 0 Å². The second kappa shape index (κ2) is 4.86. The Hall–Kier alpha value is -1.05. The van der Waals surface area contributed by atoms with Crippen LogP contribution in [0.4, 0.5) is 0 Å². The van der Waals surface area contributed by atoms with E-state index in [-0.39, 0.29) is 5.91 Å². The smallest absolute Gasteiger partial charge is 0.296 e. The lowest BCUT2D eigenvalue weighted by atomic mass is 10.4. The van der Waals surface area contributed by atoms with Gasteiger partial charge in [0.1, 0.15) is 5.82 Å². The van der Waals surface area contributed by atoms with Crippen molar-refractivity contribution in [2.75, 3.05) is 33.2 Å². The minimum atomic E-state index is -0.157. The molecule has 0 aromatic carbocycles. The molecule has 16 heavy (non-hydrogen) atoms. The average molecular weight is 241 g/mol. The number of aromatic nitrogens is 2. The third kappa shape index (κ3) is 2.75. The molecule has 2 rings (SSSR count). The molecule has 7 heteroatoms. The molecule has 1 saturated heterocycles. The number of hydrazine groups is 1. The van der Waals surface area contributed by atoms with Gasteiger partial charge in [-0.25, -0.2) is 9.99 Å². The van der Waals surface area contributed by atoms with Gasteiger partial charge in [-0.3, -0.25) is 10.2 Å². The first-order valence-electron chi connectivity index (χ1n) is 5.20. The van der Waals surface area contributed by atoms with Gasteiger partial charge in [-0.2, -0.15) is 4.37 Å². The lowest BCUT2D eigenvalue weighted by Gasteiger charge is -2.31. The Bertz CT molecular complexity index is 372. The quantitative estimate of drug-likeness (QED) is 0.773. The molecule has 0 atom stereocenters. The van der Waals surface area contributed by atoms with Crippen molar-refractivity contribution < 1.29 is 4.79 Å². The van der Waals surface area contributed by atoms with Gasteiger partial charge in [0.25, 0.3) is 5.91 Å². The molecule has 0 unspecified atom stereocenters. The van der Waals surface area contributed by atoms with Crippen molar-refractivity contribution in [3.05, 3.63) is 10.8 Å². The number of aryl methyl sites for hydroxylation is 1. The molecule has 1 N–H and O–H groups in total. The van der Waals surface area contributed by atoms with Crippen LogP contribution >= 0.6 is 11.5 Å². The van der Waals surface area contributed by atoms with Crippen LogP contribution in [-0.2, 0) is 0 Å². The van der Waals surface area contributed by atoms with Crippen LogP contribution in [0.15, 0.2) is 0 Å². The largest absolute Gasteiger partial charge is 0.304 e. The summed E-state index contributed by atoms with van der Waals surface area (Å²) >= 11 is 1.14. The first-order valence-corrected chi connectivity index (χ1v) is 5.97. The molecule has 0 saturated carbocycles. The van der Waals surface area contributed by atoms with E-state index in [2.05, 4.69) is 26.7 Å². The van der Waals surface area contributed by atoms with Gasteiger partial charge in [-0.15, -0.1) is 0 Å². The summed E-state index contributed by atoms with van der Waals surface area (Å²) in [5.41, 5.74) is 2.84. The third-order valence-electron chi connectivity index (χ3n) is 2.48. The number of amides is 1. The summed E-state index contributed by atoms with van der Waals surface area (Å²) in [6.45, 7) is 5.41. The predicted octanol–water partition coefficient (Wildman–Crippen LogP) is -0.261. The van der Waals surface area contributed by atoms with E-state index in [4.69, 9.17) is 0 Å². The van der Waals surface area contributed by atoms with Gasteiger partial charge in [-0.1, -0.05) is 0 Å². The number of rotatable bonds is 2. The minimum Gasteiger partial charge on any atom is -0.304 e. The monoisotopic (exact) mass is 241 g/mol. The molecule has 6 nitrogen and oxygen atoms in total. The maximum absolute atomic E-state index is 11.7. The molecule has 1 aliphatic rings. The van der Waals surface area contributed by atoms with Crippen molar-refractivity contribution in [2.24, 2.45) is 0 Å². The number of piperazine rings is 1. The standard InChI is InChI=1S/C9H15N5OS/c1-7-10-9(16-12-7)8(15)11-14-5-3-13(2)4-6-14/h3-6H2,1-2H3,(H,11,15). The van der Waals surface area contributed by atoms with E-state index in [1.165, 1.54) is 0 Å². The maximum Gasteiger partial charge on any atom is 0.296 e. The SMILES string of the molecule is Cc1nsc(C(=O)NN2CCN(C)CC2)n1. The van der Waals surface area contributed by atoms with Gasteiger partial charge in [0.05, 0.1) is 0 Å². The summed E-state index contributed by atoms with van der Waals surface area (Å²) in [7, 11) is 2.08. The topological polar surface area (TPSA) is 61.4 Å². The summed E-state index contributed by atoms with van der Waals surface area (Å²) < 4.78 is 3.99. The Morgan fingerprint density at radius 1 is 1.38 bits per heavy atom. The first kappa shape index (κ1) is 11.4. The predicted molar refractivity (Wildman–Crippen MR) is 61.2 cm³/mol. The zero-order valence-electron chi connectivity index (χ0n) is 9.43. The van der Waals surface area contributed by atoms with Crippen LogP contribution in [0, 0.1) is 6.92 Å². The molecule has 0 spiro atoms. The maximum atomic E-state index is 11.7. The van der Waals surface area contributed by atoms with E-state index in [1.54, 1.807) is 6.92 Å². The van der Waals surface area contributed by atoms with Crippen molar-refractivity contribution >= 4 is 17.4 Å². The summed E-state index contributed by atoms with van der Waals surface area (Å²) in [5.74, 6) is 0.490. The van der Waals surface area contributed by atoms with Crippen molar-refractivity contribution in [3.8, 4) is 0 Å². The van der Waals surface area contributed by atoms with E-state index in [9.17, 15) is 4.79 Å². The summed E-state index contributed by atoms with van der Waals surface area (Å²) in [5, 5.41) is 2.36. The highest BCUT2D eigenvalue weighted by atomic mass is 32.1. The van der Waals surface area contributed by atoms with E-state index in [0.717, 1.165) is 37.7 Å². The van der Waals surface area contributed by atoms with Crippen LogP contribution < -0.4 is 5.43 Å². The van der Waals surface area contributed by atoms with Gasteiger partial charge in [0.2, 0.25) is 5.01 Å². The normalized spacial score (nSPS) is 18.6. The Morgan fingerprint density at radius 2 is 2.06 bits per heavy atom. The molecule has 1 aromatic heterocycles. The molecule has 88 valence electrons. The van der Waals surface area contributed by atoms with Crippen LogP contribution in [0.25, 0.3) is 0 Å². The second-order valence-corrected chi connectivity index (χ2v) is 4.63. The molecule has 1 fully saturated rings. The second-order valence-electron chi connectivity index (χ2n) is 3.88. The number of nitrogens with one attached hydrogen (secondary N) is 1. The van der Waals surface area contributed by atoms with E-state index >= 15 is 0 Å². The fourth-order valence-corrected chi connectivity index (χ4v) is 2.06. The molecule has 1 amide bonds. The highest BCUT2D eigenvalue weighted by Gasteiger charge is 2.18. The minimum absolute atomic E-state index is 0.157. The average Bonchev–Trinajstić information content (AvgIpc) is 2.68. The molecule has 0 radical (unpaired) electrons. The van der Waals surface area contributed by atoms with Gasteiger partial charge >= 0.3 is 0 Å². The number of likely N-dealkylation sites (N-methyl/N-ethyl adjacent to an activating group) is 1. The van der Waals surface area contributed by atoms with E-state index < -0.39 is 0 Å². The van der Waals surface area contributed by atoms with Crippen LogP contribution in [0.5, 0.6) is 0 Å². The Kier molecular flexibility index (Phi) is 3.47. The summed E-state index contributed by atoms with van der Waals surface area (Å²) in [4.78, 5) is 18.0. The summed E-state index contributed by atoms with van der Waals surface area (Å²) in [6, 6.07) is 0. The van der Waals surface area contributed by atoms with Gasteiger partial charge in [0.15, 0.2) is 0 Å². The highest BCUT2D eigenvalue weighted by molar-refractivity contribution is 7.07. The third-order valence-corrected chi connectivity index (χ3v) is 3.29. The highest BCUT2D eigenvalue weighted by Crippen LogP contribution is 2.04. The molecule has 1 aliphatic heterocycles. The lowest BCUT2D eigenvalue weighted by Crippen LogP contribution is -2.52. The first-order chi connectivity index (χ1) is 7.65. The number of nitrogens with zero attached hydrogens (tertiary/aromatic N) is 4.